The van der Waals surface area contributed by atoms with Gasteiger partial charge in [-0.3, -0.25) is 10.1 Å². The van der Waals surface area contributed by atoms with E-state index in [-0.39, 0.29) is 6.04 Å². The molecule has 1 rings (SSSR count). The normalized spacial score (nSPS) is 34.3. The van der Waals surface area contributed by atoms with Crippen LogP contribution in [-0.2, 0) is 4.79 Å². The summed E-state index contributed by atoms with van der Waals surface area (Å²) in [6.45, 7) is 6.76. The van der Waals surface area contributed by atoms with Crippen LogP contribution in [-0.4, -0.2) is 47.2 Å². The molecule has 0 radical (unpaired) electrons. The number of rotatable bonds is 4. The van der Waals surface area contributed by atoms with Crippen LogP contribution in [0, 0.1) is 0 Å². The minimum atomic E-state index is -0.746. The van der Waals surface area contributed by atoms with Gasteiger partial charge in [0.15, 0.2) is 0 Å². The Kier molecular flexibility index (Phi) is 3.73. The van der Waals surface area contributed by atoms with Crippen molar-refractivity contribution in [1.82, 2.24) is 10.2 Å². The molecule has 1 heterocycles. The Hall–Kier alpha value is -0.610. The molecule has 3 unspecified atom stereocenters. The monoisotopic (exact) mass is 214 g/mol. The van der Waals surface area contributed by atoms with Crippen LogP contribution in [0.3, 0.4) is 0 Å². The molecule has 0 spiro atoms. The highest BCUT2D eigenvalue weighted by atomic mass is 16.4. The summed E-state index contributed by atoms with van der Waals surface area (Å²) >= 11 is 0. The van der Waals surface area contributed by atoms with Crippen molar-refractivity contribution >= 4 is 5.97 Å². The molecule has 0 saturated carbocycles. The average molecular weight is 214 g/mol. The largest absolute Gasteiger partial charge is 0.480 e. The number of hydrogen-bond donors (Lipinski definition) is 2. The standard InChI is InChI=1S/C11H22N2O2/c1-5-8(2)12-11(10(14)15)6-9(3)13(4)7-11/h8-9,12H,5-7H2,1-4H3,(H,14,15). The molecule has 3 atom stereocenters. The lowest BCUT2D eigenvalue weighted by Gasteiger charge is -2.29. The number of nitrogens with one attached hydrogen (secondary N) is 1. The third kappa shape index (κ3) is 2.49. The average Bonchev–Trinajstić information content (AvgIpc) is 2.43. The summed E-state index contributed by atoms with van der Waals surface area (Å²) in [6, 6.07) is 0.581. The van der Waals surface area contributed by atoms with Crippen molar-refractivity contribution in [2.24, 2.45) is 0 Å². The van der Waals surface area contributed by atoms with Crippen LogP contribution < -0.4 is 5.32 Å². The first kappa shape index (κ1) is 12.5. The number of carboxylic acid groups (broad SMARTS) is 1. The number of aliphatic carboxylic acids is 1. The van der Waals surface area contributed by atoms with E-state index in [4.69, 9.17) is 0 Å². The van der Waals surface area contributed by atoms with E-state index >= 15 is 0 Å². The first-order chi connectivity index (χ1) is 6.91. The molecule has 0 aromatic rings. The molecule has 15 heavy (non-hydrogen) atoms. The van der Waals surface area contributed by atoms with Crippen molar-refractivity contribution < 1.29 is 9.90 Å². The van der Waals surface area contributed by atoms with Crippen LogP contribution in [0.4, 0.5) is 0 Å². The number of nitrogens with zero attached hydrogens (tertiary/aromatic N) is 1. The molecule has 2 N–H and O–H groups in total. The maximum absolute atomic E-state index is 11.4. The van der Waals surface area contributed by atoms with Gasteiger partial charge >= 0.3 is 5.97 Å². The fourth-order valence-electron chi connectivity index (χ4n) is 2.20. The topological polar surface area (TPSA) is 52.6 Å². The van der Waals surface area contributed by atoms with Crippen molar-refractivity contribution in [2.45, 2.75) is 51.2 Å². The number of carboxylic acids is 1. The van der Waals surface area contributed by atoms with Gasteiger partial charge in [-0.1, -0.05) is 6.92 Å². The summed E-state index contributed by atoms with van der Waals surface area (Å²) in [5.74, 6) is -0.723. The summed E-state index contributed by atoms with van der Waals surface area (Å²) in [5.41, 5.74) is -0.746. The van der Waals surface area contributed by atoms with Gasteiger partial charge in [0, 0.05) is 18.6 Å². The van der Waals surface area contributed by atoms with Gasteiger partial charge in [-0.2, -0.15) is 0 Å². The number of likely N-dealkylation sites (N-methyl/N-ethyl adjacent to an activating group) is 1. The quantitative estimate of drug-likeness (QED) is 0.731. The second-order valence-corrected chi connectivity index (χ2v) is 4.81. The molecule has 1 saturated heterocycles. The van der Waals surface area contributed by atoms with E-state index in [0.717, 1.165) is 6.42 Å². The molecular formula is C11H22N2O2. The third-order valence-corrected chi connectivity index (χ3v) is 3.46. The van der Waals surface area contributed by atoms with Crippen molar-refractivity contribution in [3.8, 4) is 0 Å². The van der Waals surface area contributed by atoms with Gasteiger partial charge in [0.2, 0.25) is 0 Å². The van der Waals surface area contributed by atoms with Crippen molar-refractivity contribution in [2.75, 3.05) is 13.6 Å². The second kappa shape index (κ2) is 4.49. The predicted octanol–water partition coefficient (Wildman–Crippen LogP) is 0.922. The lowest BCUT2D eigenvalue weighted by Crippen LogP contribution is -2.56. The minimum absolute atomic E-state index is 0.250. The molecule has 0 aromatic heterocycles. The molecule has 88 valence electrons. The van der Waals surface area contributed by atoms with Gasteiger partial charge in [-0.15, -0.1) is 0 Å². The van der Waals surface area contributed by atoms with Gasteiger partial charge in [0.1, 0.15) is 5.54 Å². The molecule has 1 aliphatic heterocycles. The Balaban J connectivity index is 2.77. The molecular weight excluding hydrogens is 192 g/mol. The summed E-state index contributed by atoms with van der Waals surface area (Å²) < 4.78 is 0. The maximum Gasteiger partial charge on any atom is 0.325 e. The van der Waals surface area contributed by atoms with E-state index < -0.39 is 11.5 Å². The van der Waals surface area contributed by atoms with Crippen LogP contribution in [0.2, 0.25) is 0 Å². The number of likely N-dealkylation sites (tertiary alicyclic amines) is 1. The Morgan fingerprint density at radius 1 is 1.73 bits per heavy atom. The van der Waals surface area contributed by atoms with Crippen molar-refractivity contribution in [1.29, 1.82) is 0 Å². The highest BCUT2D eigenvalue weighted by molar-refractivity contribution is 5.80. The molecule has 4 heteroatoms. The fraction of sp³-hybridized carbons (Fsp3) is 0.909. The smallest absolute Gasteiger partial charge is 0.325 e. The van der Waals surface area contributed by atoms with Crippen LogP contribution >= 0.6 is 0 Å². The van der Waals surface area contributed by atoms with Gasteiger partial charge < -0.3 is 10.0 Å². The Bertz CT molecular complexity index is 233. The zero-order chi connectivity index (χ0) is 11.6. The molecule has 1 fully saturated rings. The van der Waals surface area contributed by atoms with Crippen LogP contribution in [0.5, 0.6) is 0 Å². The van der Waals surface area contributed by atoms with E-state index in [9.17, 15) is 9.90 Å². The highest BCUT2D eigenvalue weighted by Crippen LogP contribution is 2.26. The van der Waals surface area contributed by atoms with E-state index in [2.05, 4.69) is 24.1 Å². The Labute approximate surface area is 91.6 Å². The molecule has 4 nitrogen and oxygen atoms in total. The summed E-state index contributed by atoms with van der Waals surface area (Å²) in [6.07, 6.45) is 1.64. The van der Waals surface area contributed by atoms with E-state index in [1.54, 1.807) is 0 Å². The number of hydrogen-bond acceptors (Lipinski definition) is 3. The first-order valence-corrected chi connectivity index (χ1v) is 5.62. The van der Waals surface area contributed by atoms with E-state index in [1.807, 2.05) is 14.0 Å². The molecule has 0 aliphatic carbocycles. The van der Waals surface area contributed by atoms with Gasteiger partial charge in [-0.25, -0.2) is 0 Å². The lowest BCUT2D eigenvalue weighted by atomic mass is 9.95. The van der Waals surface area contributed by atoms with Gasteiger partial charge in [0.05, 0.1) is 0 Å². The molecule has 1 aliphatic rings. The summed E-state index contributed by atoms with van der Waals surface area (Å²) in [4.78, 5) is 13.5. The van der Waals surface area contributed by atoms with E-state index in [0.29, 0.717) is 19.0 Å². The van der Waals surface area contributed by atoms with Gasteiger partial charge in [0.25, 0.3) is 0 Å². The molecule has 0 bridgehead atoms. The lowest BCUT2D eigenvalue weighted by molar-refractivity contribution is -0.144. The minimum Gasteiger partial charge on any atom is -0.480 e. The first-order valence-electron chi connectivity index (χ1n) is 5.62. The van der Waals surface area contributed by atoms with Crippen LogP contribution in [0.15, 0.2) is 0 Å². The zero-order valence-corrected chi connectivity index (χ0v) is 10.1. The third-order valence-electron chi connectivity index (χ3n) is 3.46. The SMILES string of the molecule is CCC(C)NC1(C(=O)O)CC(C)N(C)C1. The van der Waals surface area contributed by atoms with Crippen molar-refractivity contribution in [3.63, 3.8) is 0 Å². The molecule has 0 aromatic carbocycles. The van der Waals surface area contributed by atoms with E-state index in [1.165, 1.54) is 0 Å². The Morgan fingerprint density at radius 3 is 2.67 bits per heavy atom. The maximum atomic E-state index is 11.4. The fourth-order valence-corrected chi connectivity index (χ4v) is 2.20. The van der Waals surface area contributed by atoms with Crippen LogP contribution in [0.1, 0.15) is 33.6 Å². The highest BCUT2D eigenvalue weighted by Gasteiger charge is 2.47. The Morgan fingerprint density at radius 2 is 2.33 bits per heavy atom. The summed E-state index contributed by atoms with van der Waals surface area (Å²) in [7, 11) is 1.98. The van der Waals surface area contributed by atoms with Gasteiger partial charge in [-0.05, 0) is 33.7 Å². The second-order valence-electron chi connectivity index (χ2n) is 4.81. The van der Waals surface area contributed by atoms with Crippen molar-refractivity contribution in [3.05, 3.63) is 0 Å². The van der Waals surface area contributed by atoms with Crippen LogP contribution in [0.25, 0.3) is 0 Å². The molecule has 0 amide bonds. The summed E-state index contributed by atoms with van der Waals surface area (Å²) in [5, 5.41) is 12.6. The zero-order valence-electron chi connectivity index (χ0n) is 10.1. The predicted molar refractivity (Wildman–Crippen MR) is 60.0 cm³/mol. The number of carbonyl (C=O) groups is 1.